The van der Waals surface area contributed by atoms with Crippen LogP contribution in [0.5, 0.6) is 0 Å². The van der Waals surface area contributed by atoms with Gasteiger partial charge in [-0.05, 0) is 13.8 Å². The molecule has 1 heterocycles. The summed E-state index contributed by atoms with van der Waals surface area (Å²) in [4.78, 5) is 24.3. The molecule has 2 N–H and O–H groups in total. The molecule has 0 unspecified atom stereocenters. The maximum absolute atomic E-state index is 10.7. The van der Waals surface area contributed by atoms with Gasteiger partial charge in [-0.2, -0.15) is 0 Å². The summed E-state index contributed by atoms with van der Waals surface area (Å²) in [5, 5.41) is 10.6. The third-order valence-electron chi connectivity index (χ3n) is 1.62. The van der Waals surface area contributed by atoms with Crippen LogP contribution in [0.25, 0.3) is 0 Å². The minimum atomic E-state index is -0.935. The number of nitrogens with zero attached hydrogens (tertiary/aromatic N) is 1. The zero-order chi connectivity index (χ0) is 11.8. The molecule has 1 fully saturated rings. The molecule has 0 radical (unpaired) electrons. The van der Waals surface area contributed by atoms with Gasteiger partial charge in [-0.15, -0.1) is 0 Å². The molecule has 5 nitrogen and oxygen atoms in total. The van der Waals surface area contributed by atoms with Crippen molar-refractivity contribution in [2.24, 2.45) is 4.99 Å². The molecule has 1 amide bonds. The highest BCUT2D eigenvalue weighted by Gasteiger charge is 2.16. The second kappa shape index (κ2) is 6.75. The summed E-state index contributed by atoms with van der Waals surface area (Å²) in [5.41, 5.74) is 0.882. The number of carboxylic acids is 1. The lowest BCUT2D eigenvalue weighted by atomic mass is 10.3. The number of carbonyl (C=O) groups excluding carboxylic acids is 1. The van der Waals surface area contributed by atoms with E-state index < -0.39 is 5.97 Å². The molecule has 5 heteroatoms. The maximum atomic E-state index is 10.7. The van der Waals surface area contributed by atoms with E-state index in [0.717, 1.165) is 13.0 Å². The van der Waals surface area contributed by atoms with E-state index in [0.29, 0.717) is 12.3 Å². The van der Waals surface area contributed by atoms with Gasteiger partial charge in [0.25, 0.3) is 5.91 Å². The molecule has 1 aliphatic rings. The number of amides is 1. The lowest BCUT2D eigenvalue weighted by Gasteiger charge is -1.87. The Morgan fingerprint density at radius 3 is 2.47 bits per heavy atom. The SMILES string of the molecule is C=C(C)C(=O)O.CCN=C1CCNC1=O. The van der Waals surface area contributed by atoms with Crippen LogP contribution < -0.4 is 5.32 Å². The van der Waals surface area contributed by atoms with Gasteiger partial charge in [-0.25, -0.2) is 4.79 Å². The molecule has 0 spiro atoms. The van der Waals surface area contributed by atoms with Crippen molar-refractivity contribution >= 4 is 17.6 Å². The van der Waals surface area contributed by atoms with Crippen LogP contribution >= 0.6 is 0 Å². The van der Waals surface area contributed by atoms with E-state index >= 15 is 0 Å². The molecular formula is C10H16N2O3. The van der Waals surface area contributed by atoms with Crippen molar-refractivity contribution in [3.8, 4) is 0 Å². The van der Waals surface area contributed by atoms with Crippen LogP contribution in [0.4, 0.5) is 0 Å². The predicted molar refractivity (Wildman–Crippen MR) is 58.1 cm³/mol. The summed E-state index contributed by atoms with van der Waals surface area (Å²) < 4.78 is 0. The monoisotopic (exact) mass is 212 g/mol. The minimum Gasteiger partial charge on any atom is -0.478 e. The molecule has 0 saturated carbocycles. The highest BCUT2D eigenvalue weighted by Crippen LogP contribution is 1.94. The second-order valence-corrected chi connectivity index (χ2v) is 3.01. The first kappa shape index (κ1) is 13.4. The first-order valence-corrected chi connectivity index (χ1v) is 4.69. The highest BCUT2D eigenvalue weighted by atomic mass is 16.4. The number of rotatable bonds is 2. The Morgan fingerprint density at radius 2 is 2.20 bits per heavy atom. The molecule has 1 aliphatic heterocycles. The van der Waals surface area contributed by atoms with Gasteiger partial charge in [0.2, 0.25) is 0 Å². The number of nitrogens with one attached hydrogen (secondary N) is 1. The number of carboxylic acid groups (broad SMARTS) is 1. The summed E-state index contributed by atoms with van der Waals surface area (Å²) in [6, 6.07) is 0. The fourth-order valence-corrected chi connectivity index (χ4v) is 0.852. The van der Waals surface area contributed by atoms with Crippen LogP contribution in [0.2, 0.25) is 0 Å². The Kier molecular flexibility index (Phi) is 6.01. The molecule has 0 atom stereocenters. The standard InChI is InChI=1S/C6H10N2O.C4H6O2/c1-2-7-5-3-4-8-6(5)9;1-3(2)4(5)6/h2-4H2,1H3,(H,8,9);1H2,2H3,(H,5,6). The summed E-state index contributed by atoms with van der Waals surface area (Å²) in [5.74, 6) is -0.924. The molecule has 0 bridgehead atoms. The molecule has 15 heavy (non-hydrogen) atoms. The van der Waals surface area contributed by atoms with Crippen LogP contribution in [0.1, 0.15) is 20.3 Å². The van der Waals surface area contributed by atoms with Crippen molar-refractivity contribution in [2.75, 3.05) is 13.1 Å². The van der Waals surface area contributed by atoms with Gasteiger partial charge in [-0.1, -0.05) is 6.58 Å². The number of aliphatic carboxylic acids is 1. The first-order chi connectivity index (χ1) is 6.99. The van der Waals surface area contributed by atoms with Gasteiger partial charge in [0, 0.05) is 25.1 Å². The Labute approximate surface area is 88.9 Å². The molecule has 1 saturated heterocycles. The normalized spacial score (nSPS) is 16.7. The number of aliphatic imine (C=N–C) groups is 1. The van der Waals surface area contributed by atoms with E-state index in [1.165, 1.54) is 6.92 Å². The van der Waals surface area contributed by atoms with Crippen molar-refractivity contribution < 1.29 is 14.7 Å². The summed E-state index contributed by atoms with van der Waals surface area (Å²) in [6.45, 7) is 8.00. The molecular weight excluding hydrogens is 196 g/mol. The van der Waals surface area contributed by atoms with Crippen LogP contribution in [0.3, 0.4) is 0 Å². The Bertz CT molecular complexity index is 283. The summed E-state index contributed by atoms with van der Waals surface area (Å²) in [7, 11) is 0. The third-order valence-corrected chi connectivity index (χ3v) is 1.62. The maximum Gasteiger partial charge on any atom is 0.330 e. The lowest BCUT2D eigenvalue weighted by Crippen LogP contribution is -2.18. The second-order valence-electron chi connectivity index (χ2n) is 3.01. The summed E-state index contributed by atoms with van der Waals surface area (Å²) in [6.07, 6.45) is 0.798. The molecule has 0 aromatic carbocycles. The fourth-order valence-electron chi connectivity index (χ4n) is 0.852. The fraction of sp³-hybridized carbons (Fsp3) is 0.500. The smallest absolute Gasteiger partial charge is 0.330 e. The lowest BCUT2D eigenvalue weighted by molar-refractivity contribution is -0.132. The zero-order valence-electron chi connectivity index (χ0n) is 9.04. The molecule has 0 aromatic heterocycles. The number of hydrogen-bond donors (Lipinski definition) is 2. The first-order valence-electron chi connectivity index (χ1n) is 4.69. The topological polar surface area (TPSA) is 78.8 Å². The van der Waals surface area contributed by atoms with Crippen molar-refractivity contribution in [3.05, 3.63) is 12.2 Å². The van der Waals surface area contributed by atoms with E-state index in [1.54, 1.807) is 0 Å². The van der Waals surface area contributed by atoms with Crippen LogP contribution in [-0.2, 0) is 9.59 Å². The largest absolute Gasteiger partial charge is 0.478 e. The van der Waals surface area contributed by atoms with Gasteiger partial charge < -0.3 is 10.4 Å². The quantitative estimate of drug-likeness (QED) is 0.658. The zero-order valence-corrected chi connectivity index (χ0v) is 9.04. The van der Waals surface area contributed by atoms with E-state index in [1.807, 2.05) is 6.92 Å². The van der Waals surface area contributed by atoms with Crippen molar-refractivity contribution in [1.82, 2.24) is 5.32 Å². The van der Waals surface area contributed by atoms with E-state index in [9.17, 15) is 9.59 Å². The highest BCUT2D eigenvalue weighted by molar-refractivity contribution is 6.40. The van der Waals surface area contributed by atoms with Gasteiger partial charge in [0.1, 0.15) is 5.71 Å². The van der Waals surface area contributed by atoms with Crippen LogP contribution in [-0.4, -0.2) is 35.8 Å². The van der Waals surface area contributed by atoms with Crippen molar-refractivity contribution in [3.63, 3.8) is 0 Å². The van der Waals surface area contributed by atoms with E-state index in [2.05, 4.69) is 16.9 Å². The van der Waals surface area contributed by atoms with Gasteiger partial charge in [0.05, 0.1) is 0 Å². The van der Waals surface area contributed by atoms with Crippen LogP contribution in [0, 0.1) is 0 Å². The van der Waals surface area contributed by atoms with Gasteiger partial charge in [0.15, 0.2) is 0 Å². The summed E-state index contributed by atoms with van der Waals surface area (Å²) >= 11 is 0. The Balaban J connectivity index is 0.000000288. The number of carbonyl (C=O) groups is 2. The molecule has 0 aliphatic carbocycles. The minimum absolute atomic E-state index is 0.0110. The number of hydrogen-bond acceptors (Lipinski definition) is 3. The average molecular weight is 212 g/mol. The van der Waals surface area contributed by atoms with Gasteiger partial charge >= 0.3 is 5.97 Å². The predicted octanol–water partition coefficient (Wildman–Crippen LogP) is 0.614. The third kappa shape index (κ3) is 5.61. The average Bonchev–Trinajstić information content (AvgIpc) is 2.53. The van der Waals surface area contributed by atoms with E-state index in [4.69, 9.17) is 5.11 Å². The van der Waals surface area contributed by atoms with E-state index in [-0.39, 0.29) is 11.5 Å². The van der Waals surface area contributed by atoms with Crippen molar-refractivity contribution in [1.29, 1.82) is 0 Å². The Hall–Kier alpha value is -1.65. The van der Waals surface area contributed by atoms with Crippen molar-refractivity contribution in [2.45, 2.75) is 20.3 Å². The molecule has 1 rings (SSSR count). The van der Waals surface area contributed by atoms with Crippen LogP contribution in [0.15, 0.2) is 17.1 Å². The molecule has 84 valence electrons. The van der Waals surface area contributed by atoms with Gasteiger partial charge in [-0.3, -0.25) is 9.79 Å². The molecule has 0 aromatic rings. The Morgan fingerprint density at radius 1 is 1.67 bits per heavy atom.